The van der Waals surface area contributed by atoms with E-state index >= 15 is 0 Å². The lowest BCUT2D eigenvalue weighted by Crippen LogP contribution is -2.37. The smallest absolute Gasteiger partial charge is 0.132 e. The first-order valence-electron chi connectivity index (χ1n) is 11.0. The Labute approximate surface area is 194 Å². The molecule has 0 amide bonds. The van der Waals surface area contributed by atoms with Gasteiger partial charge in [-0.3, -0.25) is 19.0 Å². The maximum atomic E-state index is 9.79. The summed E-state index contributed by atoms with van der Waals surface area (Å²) in [6.07, 6.45) is 5.83. The maximum Gasteiger partial charge on any atom is 0.132 e. The minimum absolute atomic E-state index is 0.435. The Morgan fingerprint density at radius 3 is 2.58 bits per heavy atom. The SMILES string of the molecule is N#Cc1ccnc(Nc2cc(C3CC3)cc(-c3ccc(CN4CCS(O)(O)CC4)nc3)n2)c1. The highest BCUT2D eigenvalue weighted by Gasteiger charge is 2.25. The number of hydrogen-bond acceptors (Lipinski definition) is 8. The van der Waals surface area contributed by atoms with Crippen LogP contribution in [0.25, 0.3) is 11.3 Å². The van der Waals surface area contributed by atoms with Crippen molar-refractivity contribution in [1.82, 2.24) is 19.9 Å². The van der Waals surface area contributed by atoms with E-state index in [1.807, 2.05) is 18.3 Å². The summed E-state index contributed by atoms with van der Waals surface area (Å²) in [5.41, 5.74) is 4.53. The Hall–Kier alpha value is -3.03. The Bertz CT molecular complexity index is 1180. The molecular weight excluding hydrogens is 436 g/mol. The van der Waals surface area contributed by atoms with Crippen LogP contribution in [0.1, 0.15) is 35.6 Å². The highest BCUT2D eigenvalue weighted by atomic mass is 32.3. The average Bonchev–Trinajstić information content (AvgIpc) is 3.67. The van der Waals surface area contributed by atoms with E-state index in [2.05, 4.69) is 38.4 Å². The molecule has 2 aliphatic rings. The average molecular weight is 463 g/mol. The zero-order chi connectivity index (χ0) is 22.8. The molecule has 1 saturated heterocycles. The zero-order valence-electron chi connectivity index (χ0n) is 18.2. The van der Waals surface area contributed by atoms with Crippen molar-refractivity contribution in [3.63, 3.8) is 0 Å². The fourth-order valence-corrected chi connectivity index (χ4v) is 5.24. The third-order valence-electron chi connectivity index (χ3n) is 6.02. The summed E-state index contributed by atoms with van der Waals surface area (Å²) in [6.45, 7) is 2.04. The maximum absolute atomic E-state index is 9.79. The van der Waals surface area contributed by atoms with Crippen LogP contribution in [0, 0.1) is 11.3 Å². The first kappa shape index (κ1) is 21.8. The first-order valence-corrected chi connectivity index (χ1v) is 12.9. The molecule has 3 aromatic heterocycles. The normalized spacial score (nSPS) is 18.9. The number of aromatic nitrogens is 3. The van der Waals surface area contributed by atoms with Gasteiger partial charge in [-0.2, -0.15) is 15.9 Å². The molecule has 2 fully saturated rings. The Balaban J connectivity index is 1.34. The Morgan fingerprint density at radius 1 is 1.06 bits per heavy atom. The molecule has 9 heteroatoms. The van der Waals surface area contributed by atoms with Crippen LogP contribution in [0.2, 0.25) is 0 Å². The highest BCUT2D eigenvalue weighted by Crippen LogP contribution is 2.42. The summed E-state index contributed by atoms with van der Waals surface area (Å²) >= 11 is 0. The number of nitrogens with one attached hydrogen (secondary N) is 1. The molecule has 8 nitrogen and oxygen atoms in total. The van der Waals surface area contributed by atoms with Crippen LogP contribution in [-0.4, -0.2) is 53.6 Å². The molecule has 1 aliphatic carbocycles. The lowest BCUT2D eigenvalue weighted by Gasteiger charge is -2.40. The van der Waals surface area contributed by atoms with Crippen molar-refractivity contribution in [3.05, 3.63) is 65.6 Å². The standard InChI is InChI=1S/C24H26N6O2S/c25-14-17-5-6-26-23(11-17)29-24-13-20(18-1-2-18)12-22(28-24)19-3-4-21(27-15-19)16-30-7-9-33(31,32)10-8-30/h3-6,11-13,15,18,31-32H,1-2,7-10,16H2,(H,26,28,29). The van der Waals surface area contributed by atoms with Crippen molar-refractivity contribution in [2.24, 2.45) is 0 Å². The van der Waals surface area contributed by atoms with Crippen LogP contribution in [0.5, 0.6) is 0 Å². The van der Waals surface area contributed by atoms with E-state index in [9.17, 15) is 9.11 Å². The van der Waals surface area contributed by atoms with Gasteiger partial charge in [-0.05, 0) is 60.7 Å². The van der Waals surface area contributed by atoms with Gasteiger partial charge in [0.05, 0.1) is 34.5 Å². The molecule has 0 bridgehead atoms. The van der Waals surface area contributed by atoms with Gasteiger partial charge >= 0.3 is 0 Å². The summed E-state index contributed by atoms with van der Waals surface area (Å²) in [6, 6.07) is 13.8. The molecular formula is C24H26N6O2S. The fraction of sp³-hybridized carbons (Fsp3) is 0.333. The van der Waals surface area contributed by atoms with Gasteiger partial charge in [-0.25, -0.2) is 9.97 Å². The van der Waals surface area contributed by atoms with E-state index in [-0.39, 0.29) is 0 Å². The fourth-order valence-electron chi connectivity index (χ4n) is 3.94. The van der Waals surface area contributed by atoms with Crippen LogP contribution in [-0.2, 0) is 6.54 Å². The molecule has 1 aliphatic heterocycles. The lowest BCUT2D eigenvalue weighted by molar-refractivity contribution is 0.275. The number of pyridine rings is 3. The molecule has 0 unspecified atom stereocenters. The third-order valence-corrected chi connectivity index (χ3v) is 7.69. The predicted molar refractivity (Wildman–Crippen MR) is 130 cm³/mol. The van der Waals surface area contributed by atoms with Crippen molar-refractivity contribution < 1.29 is 9.11 Å². The zero-order valence-corrected chi connectivity index (χ0v) is 19.0. The van der Waals surface area contributed by atoms with Gasteiger partial charge in [0.2, 0.25) is 0 Å². The third kappa shape index (κ3) is 5.49. The largest absolute Gasteiger partial charge is 0.325 e. The van der Waals surface area contributed by atoms with Crippen LogP contribution >= 0.6 is 10.6 Å². The topological polar surface area (TPSA) is 118 Å². The summed E-state index contributed by atoms with van der Waals surface area (Å²) in [4.78, 5) is 15.9. The van der Waals surface area contributed by atoms with Gasteiger partial charge in [0.1, 0.15) is 11.6 Å². The first-order chi connectivity index (χ1) is 16.0. The Kier molecular flexibility index (Phi) is 6.00. The summed E-state index contributed by atoms with van der Waals surface area (Å²) < 4.78 is 19.6. The van der Waals surface area contributed by atoms with Crippen molar-refractivity contribution in [3.8, 4) is 17.3 Å². The minimum Gasteiger partial charge on any atom is -0.325 e. The molecule has 0 spiro atoms. The second kappa shape index (κ2) is 9.08. The second-order valence-corrected chi connectivity index (χ2v) is 11.1. The van der Waals surface area contributed by atoms with E-state index in [0.29, 0.717) is 54.3 Å². The van der Waals surface area contributed by atoms with Crippen molar-refractivity contribution >= 4 is 22.2 Å². The number of nitrogens with zero attached hydrogens (tertiary/aromatic N) is 5. The van der Waals surface area contributed by atoms with Crippen LogP contribution in [0.3, 0.4) is 0 Å². The molecule has 1 saturated carbocycles. The monoisotopic (exact) mass is 462 g/mol. The van der Waals surface area contributed by atoms with Crippen LogP contribution < -0.4 is 5.32 Å². The van der Waals surface area contributed by atoms with E-state index in [4.69, 9.17) is 10.2 Å². The molecule has 170 valence electrons. The lowest BCUT2D eigenvalue weighted by atomic mass is 10.1. The second-order valence-electron chi connectivity index (χ2n) is 8.64. The van der Waals surface area contributed by atoms with E-state index in [0.717, 1.165) is 17.0 Å². The van der Waals surface area contributed by atoms with E-state index in [1.165, 1.54) is 18.4 Å². The molecule has 0 radical (unpaired) electrons. The number of anilines is 2. The van der Waals surface area contributed by atoms with Crippen molar-refractivity contribution in [2.45, 2.75) is 25.3 Å². The van der Waals surface area contributed by atoms with E-state index in [1.54, 1.807) is 18.3 Å². The number of hydrogen-bond donors (Lipinski definition) is 3. The van der Waals surface area contributed by atoms with Gasteiger partial charge < -0.3 is 5.32 Å². The summed E-state index contributed by atoms with van der Waals surface area (Å²) in [7, 11) is -2.38. The van der Waals surface area contributed by atoms with Gasteiger partial charge in [0.15, 0.2) is 0 Å². The molecule has 3 N–H and O–H groups in total. The van der Waals surface area contributed by atoms with Gasteiger partial charge in [-0.1, -0.05) is 0 Å². The van der Waals surface area contributed by atoms with Crippen LogP contribution in [0.15, 0.2) is 48.8 Å². The quantitative estimate of drug-likeness (QED) is 0.486. The molecule has 5 rings (SSSR count). The van der Waals surface area contributed by atoms with Gasteiger partial charge in [-0.15, -0.1) is 0 Å². The molecule has 0 aromatic carbocycles. The van der Waals surface area contributed by atoms with E-state index < -0.39 is 10.6 Å². The highest BCUT2D eigenvalue weighted by molar-refractivity contribution is 8.24. The molecule has 3 aromatic rings. The minimum atomic E-state index is -2.38. The molecule has 4 heterocycles. The molecule has 0 atom stereocenters. The van der Waals surface area contributed by atoms with Crippen LogP contribution in [0.4, 0.5) is 11.6 Å². The molecule has 33 heavy (non-hydrogen) atoms. The van der Waals surface area contributed by atoms with Crippen molar-refractivity contribution in [1.29, 1.82) is 5.26 Å². The number of rotatable bonds is 6. The van der Waals surface area contributed by atoms with Gasteiger partial charge in [0, 0.05) is 37.6 Å². The number of nitriles is 1. The van der Waals surface area contributed by atoms with Gasteiger partial charge in [0.25, 0.3) is 0 Å². The predicted octanol–water partition coefficient (Wildman–Crippen LogP) is 4.60. The summed E-state index contributed by atoms with van der Waals surface area (Å²) in [5.74, 6) is 2.72. The van der Waals surface area contributed by atoms with Crippen molar-refractivity contribution in [2.75, 3.05) is 29.9 Å². The summed E-state index contributed by atoms with van der Waals surface area (Å²) in [5, 5.41) is 12.4. The Morgan fingerprint density at radius 2 is 1.88 bits per heavy atom.